The van der Waals surface area contributed by atoms with Crippen LogP contribution in [0.3, 0.4) is 0 Å². The van der Waals surface area contributed by atoms with Crippen molar-refractivity contribution in [1.82, 2.24) is 0 Å². The summed E-state index contributed by atoms with van der Waals surface area (Å²) < 4.78 is 0. The minimum Gasteiger partial charge on any atom is -0.388 e. The normalized spacial score (nSPS) is 25.5. The lowest BCUT2D eigenvalue weighted by molar-refractivity contribution is 0.596. The fourth-order valence-corrected chi connectivity index (χ4v) is 2.77. The van der Waals surface area contributed by atoms with Crippen LogP contribution in [0.4, 0.5) is 5.69 Å². The molecule has 2 heteroatoms. The lowest BCUT2D eigenvalue weighted by Gasteiger charge is -2.13. The highest BCUT2D eigenvalue weighted by Gasteiger charge is 2.24. The zero-order valence-electron chi connectivity index (χ0n) is 9.39. The van der Waals surface area contributed by atoms with E-state index in [1.54, 1.807) is 0 Å². The van der Waals surface area contributed by atoms with Crippen LogP contribution < -0.4 is 5.32 Å². The summed E-state index contributed by atoms with van der Waals surface area (Å²) in [5, 5.41) is 4.09. The topological polar surface area (TPSA) is 12.0 Å². The standard InChI is InChI=1S/C13H18ClN/c1-9-3-4-10(7-9)12-8-11(15-2)5-6-13(12)14/h5-6,8-10,15H,3-4,7H2,1-2H3/t9?,10-/m1/s1. The average Bonchev–Trinajstić information content (AvgIpc) is 2.65. The maximum Gasteiger partial charge on any atom is 0.0442 e. The maximum absolute atomic E-state index is 6.25. The van der Waals surface area contributed by atoms with E-state index in [2.05, 4.69) is 18.3 Å². The molecular weight excluding hydrogens is 206 g/mol. The average molecular weight is 224 g/mol. The van der Waals surface area contributed by atoms with E-state index in [1.165, 1.54) is 24.8 Å². The number of hydrogen-bond donors (Lipinski definition) is 1. The molecule has 1 fully saturated rings. The zero-order chi connectivity index (χ0) is 10.8. The van der Waals surface area contributed by atoms with E-state index in [1.807, 2.05) is 19.2 Å². The summed E-state index contributed by atoms with van der Waals surface area (Å²) in [5.74, 6) is 1.52. The van der Waals surface area contributed by atoms with Crippen LogP contribution in [0.15, 0.2) is 18.2 Å². The predicted molar refractivity (Wildman–Crippen MR) is 66.8 cm³/mol. The zero-order valence-corrected chi connectivity index (χ0v) is 10.1. The summed E-state index contributed by atoms with van der Waals surface area (Å²) in [6.07, 6.45) is 3.91. The van der Waals surface area contributed by atoms with Crippen LogP contribution in [0, 0.1) is 5.92 Å². The number of anilines is 1. The Morgan fingerprint density at radius 2 is 2.13 bits per heavy atom. The summed E-state index contributed by atoms with van der Waals surface area (Å²) in [6, 6.07) is 6.24. The third kappa shape index (κ3) is 2.28. The molecule has 0 radical (unpaired) electrons. The van der Waals surface area contributed by atoms with Crippen LogP contribution in [0.5, 0.6) is 0 Å². The summed E-state index contributed by atoms with van der Waals surface area (Å²) in [7, 11) is 1.95. The lowest BCUT2D eigenvalue weighted by atomic mass is 9.96. The number of benzene rings is 1. The van der Waals surface area contributed by atoms with E-state index >= 15 is 0 Å². The molecule has 1 nitrogen and oxygen atoms in total. The second kappa shape index (κ2) is 4.44. The Bertz CT molecular complexity index is 348. The monoisotopic (exact) mass is 223 g/mol. The van der Waals surface area contributed by atoms with Crippen LogP contribution in [0.25, 0.3) is 0 Å². The van der Waals surface area contributed by atoms with Crippen molar-refractivity contribution in [2.24, 2.45) is 5.92 Å². The van der Waals surface area contributed by atoms with Gasteiger partial charge in [-0.3, -0.25) is 0 Å². The maximum atomic E-state index is 6.25. The number of rotatable bonds is 2. The van der Waals surface area contributed by atoms with Crippen molar-refractivity contribution in [2.75, 3.05) is 12.4 Å². The third-order valence-corrected chi connectivity index (χ3v) is 3.76. The molecule has 0 spiro atoms. The van der Waals surface area contributed by atoms with Gasteiger partial charge in [-0.2, -0.15) is 0 Å². The van der Waals surface area contributed by atoms with Gasteiger partial charge in [-0.1, -0.05) is 24.9 Å². The van der Waals surface area contributed by atoms with Gasteiger partial charge in [-0.25, -0.2) is 0 Å². The Balaban J connectivity index is 2.26. The first-order valence-corrected chi connectivity index (χ1v) is 6.05. The molecule has 0 aliphatic heterocycles. The highest BCUT2D eigenvalue weighted by atomic mass is 35.5. The second-order valence-electron chi connectivity index (χ2n) is 4.60. The van der Waals surface area contributed by atoms with Gasteiger partial charge in [0.05, 0.1) is 0 Å². The molecule has 1 aliphatic rings. The van der Waals surface area contributed by atoms with Gasteiger partial charge >= 0.3 is 0 Å². The van der Waals surface area contributed by atoms with E-state index in [9.17, 15) is 0 Å². The van der Waals surface area contributed by atoms with E-state index in [-0.39, 0.29) is 0 Å². The summed E-state index contributed by atoms with van der Waals surface area (Å²) in [6.45, 7) is 2.33. The quantitative estimate of drug-likeness (QED) is 0.789. The van der Waals surface area contributed by atoms with Crippen molar-refractivity contribution in [1.29, 1.82) is 0 Å². The first kappa shape index (κ1) is 10.8. The summed E-state index contributed by atoms with van der Waals surface area (Å²) >= 11 is 6.25. The van der Waals surface area contributed by atoms with Crippen LogP contribution in [-0.4, -0.2) is 7.05 Å². The summed E-state index contributed by atoms with van der Waals surface area (Å²) in [5.41, 5.74) is 2.49. The molecule has 0 heterocycles. The SMILES string of the molecule is CNc1ccc(Cl)c([C@@H]2CCC(C)C2)c1. The number of hydrogen-bond acceptors (Lipinski definition) is 1. The number of nitrogens with one attached hydrogen (secondary N) is 1. The smallest absolute Gasteiger partial charge is 0.0442 e. The van der Waals surface area contributed by atoms with E-state index < -0.39 is 0 Å². The van der Waals surface area contributed by atoms with Crippen molar-refractivity contribution in [3.63, 3.8) is 0 Å². The predicted octanol–water partition coefficient (Wildman–Crippen LogP) is 4.29. The van der Waals surface area contributed by atoms with Gasteiger partial charge in [0.25, 0.3) is 0 Å². The molecule has 0 aromatic heterocycles. The van der Waals surface area contributed by atoms with Crippen molar-refractivity contribution in [2.45, 2.75) is 32.1 Å². The van der Waals surface area contributed by atoms with Crippen LogP contribution >= 0.6 is 11.6 Å². The fraction of sp³-hybridized carbons (Fsp3) is 0.538. The van der Waals surface area contributed by atoms with E-state index in [0.29, 0.717) is 5.92 Å². The van der Waals surface area contributed by atoms with Gasteiger partial charge in [-0.15, -0.1) is 0 Å². The minimum atomic E-state index is 0.667. The molecule has 1 aliphatic carbocycles. The van der Waals surface area contributed by atoms with Gasteiger partial charge in [0.15, 0.2) is 0 Å². The van der Waals surface area contributed by atoms with Crippen LogP contribution in [-0.2, 0) is 0 Å². The highest BCUT2D eigenvalue weighted by Crippen LogP contribution is 2.41. The molecule has 2 atom stereocenters. The molecule has 0 bridgehead atoms. The minimum absolute atomic E-state index is 0.667. The molecule has 1 unspecified atom stereocenters. The Kier molecular flexibility index (Phi) is 3.20. The molecule has 1 aromatic carbocycles. The van der Waals surface area contributed by atoms with E-state index in [4.69, 9.17) is 11.6 Å². The van der Waals surface area contributed by atoms with Crippen LogP contribution in [0.2, 0.25) is 5.02 Å². The van der Waals surface area contributed by atoms with Gasteiger partial charge in [-0.05, 0) is 48.4 Å². The van der Waals surface area contributed by atoms with Crippen molar-refractivity contribution >= 4 is 17.3 Å². The van der Waals surface area contributed by atoms with Gasteiger partial charge < -0.3 is 5.32 Å². The van der Waals surface area contributed by atoms with Crippen LogP contribution in [0.1, 0.15) is 37.7 Å². The Hall–Kier alpha value is -0.690. The summed E-state index contributed by atoms with van der Waals surface area (Å²) in [4.78, 5) is 0. The first-order valence-electron chi connectivity index (χ1n) is 5.68. The largest absolute Gasteiger partial charge is 0.388 e. The first-order chi connectivity index (χ1) is 7.20. The molecule has 82 valence electrons. The van der Waals surface area contributed by atoms with Crippen molar-refractivity contribution < 1.29 is 0 Å². The second-order valence-corrected chi connectivity index (χ2v) is 5.01. The molecular formula is C13H18ClN. The molecule has 0 saturated heterocycles. The molecule has 1 N–H and O–H groups in total. The van der Waals surface area contributed by atoms with Gasteiger partial charge in [0.2, 0.25) is 0 Å². The van der Waals surface area contributed by atoms with Gasteiger partial charge in [0.1, 0.15) is 0 Å². The van der Waals surface area contributed by atoms with Crippen molar-refractivity contribution in [3.05, 3.63) is 28.8 Å². The molecule has 1 saturated carbocycles. The highest BCUT2D eigenvalue weighted by molar-refractivity contribution is 6.31. The van der Waals surface area contributed by atoms with Crippen molar-refractivity contribution in [3.8, 4) is 0 Å². The third-order valence-electron chi connectivity index (χ3n) is 3.42. The van der Waals surface area contributed by atoms with Gasteiger partial charge in [0, 0.05) is 17.8 Å². The molecule has 15 heavy (non-hydrogen) atoms. The molecule has 2 rings (SSSR count). The number of halogens is 1. The Morgan fingerprint density at radius 1 is 1.33 bits per heavy atom. The Morgan fingerprint density at radius 3 is 2.73 bits per heavy atom. The van der Waals surface area contributed by atoms with E-state index in [0.717, 1.165) is 16.6 Å². The lowest BCUT2D eigenvalue weighted by Crippen LogP contribution is -1.97. The fourth-order valence-electron chi connectivity index (χ4n) is 2.50. The molecule has 1 aromatic rings. The Labute approximate surface area is 96.8 Å². The molecule has 0 amide bonds.